The Kier molecular flexibility index (Phi) is 2.99. The van der Waals surface area contributed by atoms with Crippen LogP contribution < -0.4 is 5.01 Å². The molecule has 2 aromatic rings. The van der Waals surface area contributed by atoms with Crippen LogP contribution in [0.3, 0.4) is 0 Å². The molecule has 2 rings (SSSR count). The molecule has 0 unspecified atom stereocenters. The normalized spacial score (nSPS) is 10.7. The smallest absolute Gasteiger partial charge is 0.426 e. The van der Waals surface area contributed by atoms with Gasteiger partial charge in [0.2, 0.25) is 0 Å². The van der Waals surface area contributed by atoms with Gasteiger partial charge in [-0.3, -0.25) is 0 Å². The highest BCUT2D eigenvalue weighted by atomic mass is 16.4. The lowest BCUT2D eigenvalue weighted by Crippen LogP contribution is -2.38. The molecule has 1 aromatic carbocycles. The lowest BCUT2D eigenvalue weighted by Gasteiger charge is -2.18. The molecule has 0 spiro atoms. The standard InChI is InChI=1S/C12H15N3O2/c1-3-9-5-6-11-10(7-9)13-8-15(11)14(4-2)12(16)17/h5-8H,3-4H2,1-2H3,(H,16,17). The van der Waals surface area contributed by atoms with Gasteiger partial charge >= 0.3 is 6.09 Å². The van der Waals surface area contributed by atoms with Gasteiger partial charge in [0.25, 0.3) is 0 Å². The largest absolute Gasteiger partial charge is 0.464 e. The van der Waals surface area contributed by atoms with Gasteiger partial charge < -0.3 is 5.11 Å². The minimum atomic E-state index is -0.980. The summed E-state index contributed by atoms with van der Waals surface area (Å²) in [6.07, 6.45) is 1.51. The molecular formula is C12H15N3O2. The van der Waals surface area contributed by atoms with E-state index in [1.165, 1.54) is 10.6 Å². The van der Waals surface area contributed by atoms with Crippen molar-refractivity contribution in [2.75, 3.05) is 11.6 Å². The van der Waals surface area contributed by atoms with Crippen LogP contribution >= 0.6 is 0 Å². The summed E-state index contributed by atoms with van der Waals surface area (Å²) in [4.78, 5) is 15.3. The second-order valence-corrected chi connectivity index (χ2v) is 3.76. The summed E-state index contributed by atoms with van der Waals surface area (Å²) < 4.78 is 1.57. The predicted octanol–water partition coefficient (Wildman–Crippen LogP) is 2.23. The number of carbonyl (C=O) groups is 1. The third-order valence-electron chi connectivity index (χ3n) is 2.78. The van der Waals surface area contributed by atoms with E-state index in [0.717, 1.165) is 17.5 Å². The first-order chi connectivity index (χ1) is 8.17. The fourth-order valence-corrected chi connectivity index (χ4v) is 1.84. The Balaban J connectivity index is 2.52. The number of benzene rings is 1. The number of amides is 1. The van der Waals surface area contributed by atoms with E-state index in [1.807, 2.05) is 18.2 Å². The number of imidazole rings is 1. The number of nitrogens with zero attached hydrogens (tertiary/aromatic N) is 3. The lowest BCUT2D eigenvalue weighted by atomic mass is 10.1. The zero-order valence-corrected chi connectivity index (χ0v) is 9.92. The predicted molar refractivity (Wildman–Crippen MR) is 65.9 cm³/mol. The third-order valence-corrected chi connectivity index (χ3v) is 2.78. The third kappa shape index (κ3) is 1.95. The summed E-state index contributed by atoms with van der Waals surface area (Å²) in [7, 11) is 0. The van der Waals surface area contributed by atoms with Crippen molar-refractivity contribution in [3.63, 3.8) is 0 Å². The molecule has 90 valence electrons. The van der Waals surface area contributed by atoms with Crippen molar-refractivity contribution in [2.45, 2.75) is 20.3 Å². The number of aryl methyl sites for hydroxylation is 1. The van der Waals surface area contributed by atoms with Gasteiger partial charge in [-0.25, -0.2) is 19.5 Å². The summed E-state index contributed by atoms with van der Waals surface area (Å²) in [6.45, 7) is 4.25. The minimum absolute atomic E-state index is 0.385. The minimum Gasteiger partial charge on any atom is -0.464 e. The summed E-state index contributed by atoms with van der Waals surface area (Å²) in [6, 6.07) is 5.89. The van der Waals surface area contributed by atoms with Crippen LogP contribution in [0.2, 0.25) is 0 Å². The maximum absolute atomic E-state index is 11.1. The fourth-order valence-electron chi connectivity index (χ4n) is 1.84. The number of carboxylic acid groups (broad SMARTS) is 1. The molecule has 5 heteroatoms. The molecule has 0 aliphatic rings. The molecule has 1 amide bonds. The molecule has 0 atom stereocenters. The van der Waals surface area contributed by atoms with E-state index in [9.17, 15) is 4.79 Å². The highest BCUT2D eigenvalue weighted by Gasteiger charge is 2.14. The number of aromatic nitrogens is 2. The maximum Gasteiger partial charge on any atom is 0.426 e. The van der Waals surface area contributed by atoms with E-state index >= 15 is 0 Å². The molecule has 0 saturated heterocycles. The monoisotopic (exact) mass is 233 g/mol. The number of rotatable bonds is 3. The first-order valence-corrected chi connectivity index (χ1v) is 5.64. The van der Waals surface area contributed by atoms with Crippen LogP contribution in [0.25, 0.3) is 11.0 Å². The molecule has 0 bridgehead atoms. The Morgan fingerprint density at radius 2 is 2.24 bits per heavy atom. The maximum atomic E-state index is 11.1. The average molecular weight is 233 g/mol. The number of fused-ring (bicyclic) bond motifs is 1. The molecule has 0 radical (unpaired) electrons. The first kappa shape index (κ1) is 11.4. The number of hydrogen-bond donors (Lipinski definition) is 1. The Morgan fingerprint density at radius 1 is 1.47 bits per heavy atom. The zero-order valence-electron chi connectivity index (χ0n) is 9.92. The van der Waals surface area contributed by atoms with Gasteiger partial charge in [-0.15, -0.1) is 0 Å². The lowest BCUT2D eigenvalue weighted by molar-refractivity contribution is 0.195. The molecule has 0 aliphatic heterocycles. The van der Waals surface area contributed by atoms with Crippen LogP contribution in [0.5, 0.6) is 0 Å². The van der Waals surface area contributed by atoms with E-state index in [1.54, 1.807) is 17.9 Å². The molecular weight excluding hydrogens is 218 g/mol. The summed E-state index contributed by atoms with van der Waals surface area (Å²) in [5.74, 6) is 0. The van der Waals surface area contributed by atoms with Crippen LogP contribution in [0.4, 0.5) is 4.79 Å². The highest BCUT2D eigenvalue weighted by Crippen LogP contribution is 2.15. The molecule has 1 N–H and O–H groups in total. The van der Waals surface area contributed by atoms with Gasteiger partial charge in [0.15, 0.2) is 0 Å². The summed E-state index contributed by atoms with van der Waals surface area (Å²) >= 11 is 0. The van der Waals surface area contributed by atoms with Crippen molar-refractivity contribution in [2.24, 2.45) is 0 Å². The zero-order chi connectivity index (χ0) is 12.4. The van der Waals surface area contributed by atoms with Crippen molar-refractivity contribution in [3.05, 3.63) is 30.1 Å². The Morgan fingerprint density at radius 3 is 2.82 bits per heavy atom. The summed E-state index contributed by atoms with van der Waals surface area (Å²) in [5.41, 5.74) is 2.83. The molecule has 1 aromatic heterocycles. The van der Waals surface area contributed by atoms with Crippen molar-refractivity contribution in [1.82, 2.24) is 9.66 Å². The van der Waals surface area contributed by atoms with E-state index < -0.39 is 6.09 Å². The Labute approximate surface area is 99.3 Å². The quantitative estimate of drug-likeness (QED) is 0.884. The fraction of sp³-hybridized carbons (Fsp3) is 0.333. The average Bonchev–Trinajstić information content (AvgIpc) is 2.73. The van der Waals surface area contributed by atoms with Gasteiger partial charge in [0.1, 0.15) is 6.33 Å². The molecule has 1 heterocycles. The van der Waals surface area contributed by atoms with Crippen molar-refractivity contribution < 1.29 is 9.90 Å². The van der Waals surface area contributed by atoms with Crippen LogP contribution in [-0.2, 0) is 6.42 Å². The van der Waals surface area contributed by atoms with Gasteiger partial charge in [0, 0.05) is 6.54 Å². The van der Waals surface area contributed by atoms with Crippen LogP contribution in [0, 0.1) is 0 Å². The molecule has 0 aliphatic carbocycles. The van der Waals surface area contributed by atoms with Crippen molar-refractivity contribution in [3.8, 4) is 0 Å². The molecule has 0 fully saturated rings. The van der Waals surface area contributed by atoms with Crippen LogP contribution in [0.15, 0.2) is 24.5 Å². The number of hydrogen-bond acceptors (Lipinski definition) is 2. The first-order valence-electron chi connectivity index (χ1n) is 5.64. The SMILES string of the molecule is CCc1ccc2c(c1)ncn2N(CC)C(=O)O. The van der Waals surface area contributed by atoms with Gasteiger partial charge in [-0.05, 0) is 31.0 Å². The van der Waals surface area contributed by atoms with Crippen LogP contribution in [0.1, 0.15) is 19.4 Å². The second-order valence-electron chi connectivity index (χ2n) is 3.76. The Bertz CT molecular complexity index is 548. The Hall–Kier alpha value is -2.04. The highest BCUT2D eigenvalue weighted by molar-refractivity contribution is 5.82. The van der Waals surface area contributed by atoms with E-state index in [0.29, 0.717) is 6.54 Å². The van der Waals surface area contributed by atoms with Crippen molar-refractivity contribution >= 4 is 17.1 Å². The van der Waals surface area contributed by atoms with Crippen molar-refractivity contribution in [1.29, 1.82) is 0 Å². The van der Waals surface area contributed by atoms with E-state index in [4.69, 9.17) is 5.11 Å². The van der Waals surface area contributed by atoms with Gasteiger partial charge in [-0.2, -0.15) is 0 Å². The molecule has 17 heavy (non-hydrogen) atoms. The molecule has 5 nitrogen and oxygen atoms in total. The summed E-state index contributed by atoms with van der Waals surface area (Å²) in [5, 5.41) is 10.3. The van der Waals surface area contributed by atoms with E-state index in [-0.39, 0.29) is 0 Å². The van der Waals surface area contributed by atoms with Gasteiger partial charge in [-0.1, -0.05) is 13.0 Å². The second kappa shape index (κ2) is 4.45. The van der Waals surface area contributed by atoms with Gasteiger partial charge in [0.05, 0.1) is 11.0 Å². The van der Waals surface area contributed by atoms with E-state index in [2.05, 4.69) is 11.9 Å². The topological polar surface area (TPSA) is 58.4 Å². The molecule has 0 saturated carbocycles. The van der Waals surface area contributed by atoms with Crippen LogP contribution in [-0.4, -0.2) is 27.4 Å².